The van der Waals surface area contributed by atoms with Crippen molar-refractivity contribution >= 4 is 40.0 Å². The number of aromatic nitrogens is 1. The van der Waals surface area contributed by atoms with Gasteiger partial charge in [-0.2, -0.15) is 0 Å². The van der Waals surface area contributed by atoms with Gasteiger partial charge in [-0.1, -0.05) is 41.9 Å². The first kappa shape index (κ1) is 22.9. The first-order chi connectivity index (χ1) is 15.9. The maximum atomic E-state index is 9.10. The molecule has 172 valence electrons. The lowest BCUT2D eigenvalue weighted by Gasteiger charge is -2.27. The molecule has 33 heavy (non-hydrogen) atoms. The molecule has 7 nitrogen and oxygen atoms in total. The van der Waals surface area contributed by atoms with Gasteiger partial charge < -0.3 is 19.9 Å². The number of hydrogen-bond acceptors (Lipinski definition) is 4. The lowest BCUT2D eigenvalue weighted by atomic mass is 9.96. The number of fused-ring (bicyclic) bond motifs is 2. The van der Waals surface area contributed by atoms with E-state index in [1.165, 1.54) is 27.6 Å². The van der Waals surface area contributed by atoms with Crippen molar-refractivity contribution in [3.8, 4) is 5.75 Å². The van der Waals surface area contributed by atoms with Gasteiger partial charge in [0.2, 0.25) is 0 Å². The Balaban J connectivity index is 0.000000385. The first-order valence-electron chi connectivity index (χ1n) is 10.8. The Kier molecular flexibility index (Phi) is 7.01. The van der Waals surface area contributed by atoms with Gasteiger partial charge in [0, 0.05) is 53.7 Å². The third-order valence-electron chi connectivity index (χ3n) is 5.96. The van der Waals surface area contributed by atoms with Gasteiger partial charge >= 0.3 is 11.9 Å². The normalized spacial score (nSPS) is 15.2. The van der Waals surface area contributed by atoms with Crippen molar-refractivity contribution in [2.75, 3.05) is 26.2 Å². The fourth-order valence-corrected chi connectivity index (χ4v) is 4.44. The second-order valence-electron chi connectivity index (χ2n) is 8.04. The van der Waals surface area contributed by atoms with Crippen LogP contribution in [-0.4, -0.2) is 58.3 Å². The van der Waals surface area contributed by atoms with Crippen molar-refractivity contribution in [2.24, 2.45) is 0 Å². The number of para-hydroxylation sites is 1. The van der Waals surface area contributed by atoms with Crippen LogP contribution in [0.2, 0.25) is 5.02 Å². The van der Waals surface area contributed by atoms with E-state index in [0.29, 0.717) is 0 Å². The van der Waals surface area contributed by atoms with E-state index >= 15 is 0 Å². The van der Waals surface area contributed by atoms with Gasteiger partial charge in [-0.15, -0.1) is 0 Å². The standard InChI is InChI=1S/C23H23ClN2O.C2H2O4/c24-19-4-5-20-18(15-25-22(20)14-19)8-12-26-10-6-16(7-11-26)21-3-1-2-17-9-13-27-23(17)21;3-1(4)2(5)6/h1-6,14-15,25H,7-13H2;(H,3,4)(H,5,6). The molecule has 5 rings (SSSR count). The number of hydrogen-bond donors (Lipinski definition) is 3. The fourth-order valence-electron chi connectivity index (χ4n) is 4.27. The minimum Gasteiger partial charge on any atom is -0.492 e. The summed E-state index contributed by atoms with van der Waals surface area (Å²) in [4.78, 5) is 24.1. The van der Waals surface area contributed by atoms with E-state index < -0.39 is 11.9 Å². The Morgan fingerprint density at radius 1 is 1.12 bits per heavy atom. The maximum absolute atomic E-state index is 9.10. The summed E-state index contributed by atoms with van der Waals surface area (Å²) < 4.78 is 5.89. The molecule has 3 aromatic rings. The number of carbonyl (C=O) groups is 2. The van der Waals surface area contributed by atoms with Crippen LogP contribution in [-0.2, 0) is 22.4 Å². The molecule has 0 spiro atoms. The number of nitrogens with one attached hydrogen (secondary N) is 1. The molecule has 3 heterocycles. The Hall–Kier alpha value is -3.29. The molecule has 2 aliphatic heterocycles. The van der Waals surface area contributed by atoms with Crippen LogP contribution < -0.4 is 4.74 Å². The van der Waals surface area contributed by atoms with Gasteiger partial charge in [-0.25, -0.2) is 9.59 Å². The van der Waals surface area contributed by atoms with Crippen molar-refractivity contribution < 1.29 is 24.5 Å². The summed E-state index contributed by atoms with van der Waals surface area (Å²) in [6.07, 6.45) is 7.68. The molecule has 0 unspecified atom stereocenters. The highest BCUT2D eigenvalue weighted by Crippen LogP contribution is 2.36. The number of H-pyrrole nitrogens is 1. The Bertz CT molecular complexity index is 1200. The number of carboxylic acids is 2. The van der Waals surface area contributed by atoms with Gasteiger partial charge in [0.15, 0.2) is 0 Å². The van der Waals surface area contributed by atoms with Crippen LogP contribution in [0.15, 0.2) is 48.7 Å². The molecule has 0 amide bonds. The fraction of sp³-hybridized carbons (Fsp3) is 0.280. The number of ether oxygens (including phenoxy) is 1. The average molecular weight is 469 g/mol. The summed E-state index contributed by atoms with van der Waals surface area (Å²) in [7, 11) is 0. The molecule has 0 saturated heterocycles. The highest BCUT2D eigenvalue weighted by molar-refractivity contribution is 6.31. The molecular formula is C25H25ClN2O5. The molecule has 0 radical (unpaired) electrons. The van der Waals surface area contributed by atoms with E-state index in [2.05, 4.69) is 46.4 Å². The average Bonchev–Trinajstić information content (AvgIpc) is 3.45. The van der Waals surface area contributed by atoms with Gasteiger partial charge in [0.1, 0.15) is 5.75 Å². The van der Waals surface area contributed by atoms with Gasteiger partial charge in [-0.3, -0.25) is 4.90 Å². The van der Waals surface area contributed by atoms with E-state index in [-0.39, 0.29) is 0 Å². The molecule has 2 aromatic carbocycles. The van der Waals surface area contributed by atoms with Crippen molar-refractivity contribution in [3.63, 3.8) is 0 Å². The molecule has 0 bridgehead atoms. The zero-order valence-corrected chi connectivity index (χ0v) is 18.8. The number of aliphatic carboxylic acids is 2. The Labute approximate surface area is 196 Å². The Morgan fingerprint density at radius 2 is 1.94 bits per heavy atom. The van der Waals surface area contributed by atoms with E-state index in [1.54, 1.807) is 0 Å². The number of aromatic amines is 1. The Morgan fingerprint density at radius 3 is 2.67 bits per heavy atom. The van der Waals surface area contributed by atoms with Crippen LogP contribution in [0, 0.1) is 0 Å². The summed E-state index contributed by atoms with van der Waals surface area (Å²) in [5.41, 5.74) is 6.59. The molecular weight excluding hydrogens is 444 g/mol. The minimum absolute atomic E-state index is 0.779. The van der Waals surface area contributed by atoms with Crippen LogP contribution in [0.25, 0.3) is 16.5 Å². The lowest BCUT2D eigenvalue weighted by Crippen LogP contribution is -2.30. The molecule has 0 fully saturated rings. The second-order valence-corrected chi connectivity index (χ2v) is 8.47. The van der Waals surface area contributed by atoms with E-state index in [9.17, 15) is 0 Å². The van der Waals surface area contributed by atoms with Crippen molar-refractivity contribution in [2.45, 2.75) is 19.3 Å². The van der Waals surface area contributed by atoms with Gasteiger partial charge in [0.25, 0.3) is 0 Å². The first-order valence-corrected chi connectivity index (χ1v) is 11.2. The summed E-state index contributed by atoms with van der Waals surface area (Å²) in [6, 6.07) is 12.7. The van der Waals surface area contributed by atoms with Crippen molar-refractivity contribution in [3.05, 3.63) is 70.4 Å². The van der Waals surface area contributed by atoms with Crippen molar-refractivity contribution in [1.29, 1.82) is 0 Å². The second kappa shape index (κ2) is 10.1. The molecule has 2 aliphatic rings. The summed E-state index contributed by atoms with van der Waals surface area (Å²) in [5, 5.41) is 16.8. The summed E-state index contributed by atoms with van der Waals surface area (Å²) >= 11 is 6.08. The highest BCUT2D eigenvalue weighted by Gasteiger charge is 2.20. The van der Waals surface area contributed by atoms with Crippen LogP contribution in [0.5, 0.6) is 5.75 Å². The third-order valence-corrected chi connectivity index (χ3v) is 6.20. The molecule has 8 heteroatoms. The zero-order chi connectivity index (χ0) is 23.4. The van der Waals surface area contributed by atoms with Crippen LogP contribution in [0.4, 0.5) is 0 Å². The predicted molar refractivity (Wildman–Crippen MR) is 127 cm³/mol. The summed E-state index contributed by atoms with van der Waals surface area (Å²) in [6.45, 7) is 4.00. The van der Waals surface area contributed by atoms with E-state index in [0.717, 1.165) is 61.8 Å². The van der Waals surface area contributed by atoms with E-state index in [1.807, 2.05) is 12.1 Å². The molecule has 0 atom stereocenters. The molecule has 1 aromatic heterocycles. The molecule has 3 N–H and O–H groups in total. The molecule has 0 aliphatic carbocycles. The number of nitrogens with zero attached hydrogens (tertiary/aromatic N) is 1. The SMILES string of the molecule is Clc1ccc2c(CCN3CC=C(c4cccc5c4OCC5)CC3)c[nH]c2c1.O=C(O)C(=O)O. The van der Waals surface area contributed by atoms with Crippen LogP contribution in [0.1, 0.15) is 23.1 Å². The third kappa shape index (κ3) is 5.38. The van der Waals surface area contributed by atoms with Gasteiger partial charge in [0.05, 0.1) is 6.61 Å². The maximum Gasteiger partial charge on any atom is 0.414 e. The number of benzene rings is 2. The largest absolute Gasteiger partial charge is 0.492 e. The van der Waals surface area contributed by atoms with Crippen molar-refractivity contribution in [1.82, 2.24) is 9.88 Å². The predicted octanol–water partition coefficient (Wildman–Crippen LogP) is 4.24. The van der Waals surface area contributed by atoms with E-state index in [4.69, 9.17) is 36.1 Å². The van der Waals surface area contributed by atoms with Crippen LogP contribution in [0.3, 0.4) is 0 Å². The lowest BCUT2D eigenvalue weighted by molar-refractivity contribution is -0.159. The number of rotatable bonds is 4. The highest BCUT2D eigenvalue weighted by atomic mass is 35.5. The van der Waals surface area contributed by atoms with Gasteiger partial charge in [-0.05, 0) is 41.7 Å². The smallest absolute Gasteiger partial charge is 0.414 e. The topological polar surface area (TPSA) is 103 Å². The zero-order valence-electron chi connectivity index (χ0n) is 18.0. The van der Waals surface area contributed by atoms with Crippen LogP contribution >= 0.6 is 11.6 Å². The summed E-state index contributed by atoms with van der Waals surface area (Å²) in [5.74, 6) is -2.53. The number of carboxylic acid groups (broad SMARTS) is 2. The molecule has 0 saturated carbocycles. The monoisotopic (exact) mass is 468 g/mol. The minimum atomic E-state index is -1.82. The number of halogens is 1. The quantitative estimate of drug-likeness (QED) is 0.495.